The molecule has 1 aromatic rings. The number of alkyl carbamates (subject to hydrolysis) is 1. The molecule has 3 rings (SSSR count). The van der Waals surface area contributed by atoms with Crippen molar-refractivity contribution in [2.45, 2.75) is 45.1 Å². The van der Waals surface area contributed by atoms with Gasteiger partial charge in [0.1, 0.15) is 0 Å². The van der Waals surface area contributed by atoms with E-state index in [1.807, 2.05) is 18.2 Å². The van der Waals surface area contributed by atoms with Gasteiger partial charge in [-0.15, -0.1) is 0 Å². The van der Waals surface area contributed by atoms with Gasteiger partial charge in [0.05, 0.1) is 22.3 Å². The maximum Gasteiger partial charge on any atom is 0.413 e. The zero-order valence-corrected chi connectivity index (χ0v) is 20.4. The smallest absolute Gasteiger partial charge is 0.413 e. The molecule has 1 saturated heterocycles. The van der Waals surface area contributed by atoms with Crippen molar-refractivity contribution < 1.29 is 9.53 Å². The Morgan fingerprint density at radius 1 is 1.16 bits per heavy atom. The van der Waals surface area contributed by atoms with E-state index in [0.29, 0.717) is 27.8 Å². The summed E-state index contributed by atoms with van der Waals surface area (Å²) in [5.74, 6) is 0.755. The third-order valence-electron chi connectivity index (χ3n) is 6.17. The lowest BCUT2D eigenvalue weighted by Gasteiger charge is -2.37. The Kier molecular flexibility index (Phi) is 9.50. The van der Waals surface area contributed by atoms with E-state index in [2.05, 4.69) is 20.4 Å². The SMILES string of the molecule is CCOC(=O)NC(=S)NC1CCC(CCN2CCN(c3cccc(Cl)c3Cl)CC2)CC1. The average Bonchev–Trinajstić information content (AvgIpc) is 2.76. The zero-order valence-electron chi connectivity index (χ0n) is 18.0. The van der Waals surface area contributed by atoms with Crippen molar-refractivity contribution in [3.05, 3.63) is 28.2 Å². The van der Waals surface area contributed by atoms with Crippen LogP contribution in [0.5, 0.6) is 0 Å². The molecule has 9 heteroatoms. The number of hydrogen-bond acceptors (Lipinski definition) is 5. The van der Waals surface area contributed by atoms with Crippen molar-refractivity contribution in [1.82, 2.24) is 15.5 Å². The molecule has 2 fully saturated rings. The predicted molar refractivity (Wildman–Crippen MR) is 131 cm³/mol. The van der Waals surface area contributed by atoms with Gasteiger partial charge in [-0.2, -0.15) is 0 Å². The van der Waals surface area contributed by atoms with E-state index < -0.39 is 6.09 Å². The van der Waals surface area contributed by atoms with Crippen LogP contribution in [0.4, 0.5) is 10.5 Å². The molecule has 1 aliphatic heterocycles. The van der Waals surface area contributed by atoms with Crippen molar-refractivity contribution in [1.29, 1.82) is 0 Å². The van der Waals surface area contributed by atoms with Crippen molar-refractivity contribution in [2.75, 3.05) is 44.2 Å². The molecule has 1 heterocycles. The first-order valence-corrected chi connectivity index (χ1v) is 12.3. The summed E-state index contributed by atoms with van der Waals surface area (Å²) in [5, 5.41) is 7.44. The number of rotatable bonds is 6. The molecule has 0 atom stereocenters. The standard InChI is InChI=1S/C22H32Cl2N4O2S/c1-2-30-22(29)26-21(31)25-17-8-6-16(7-9-17)10-11-27-12-14-28(15-13-27)19-5-3-4-18(23)20(19)24/h3-5,16-17H,2,6-15H2,1H3,(H2,25,26,29,31). The van der Waals surface area contributed by atoms with Gasteiger partial charge in [-0.05, 0) is 75.8 Å². The van der Waals surface area contributed by atoms with Crippen molar-refractivity contribution in [2.24, 2.45) is 5.92 Å². The van der Waals surface area contributed by atoms with E-state index in [9.17, 15) is 4.79 Å². The first-order valence-electron chi connectivity index (χ1n) is 11.1. The highest BCUT2D eigenvalue weighted by Gasteiger charge is 2.24. The second-order valence-electron chi connectivity index (χ2n) is 8.23. The van der Waals surface area contributed by atoms with Gasteiger partial charge in [-0.25, -0.2) is 4.79 Å². The Balaban J connectivity index is 1.32. The topological polar surface area (TPSA) is 56.8 Å². The molecule has 31 heavy (non-hydrogen) atoms. The minimum absolute atomic E-state index is 0.330. The number of thiocarbonyl (C=S) groups is 1. The molecule has 0 spiro atoms. The van der Waals surface area contributed by atoms with Crippen LogP contribution in [0.1, 0.15) is 39.0 Å². The molecule has 172 valence electrons. The first kappa shape index (κ1) is 24.4. The largest absolute Gasteiger partial charge is 0.450 e. The number of ether oxygens (including phenoxy) is 1. The van der Waals surface area contributed by atoms with Gasteiger partial charge in [0.15, 0.2) is 5.11 Å². The molecule has 6 nitrogen and oxygen atoms in total. The maximum atomic E-state index is 11.4. The number of nitrogens with zero attached hydrogens (tertiary/aromatic N) is 2. The minimum atomic E-state index is -0.494. The van der Waals surface area contributed by atoms with E-state index in [0.717, 1.165) is 57.2 Å². The maximum absolute atomic E-state index is 11.4. The fourth-order valence-corrected chi connectivity index (χ4v) is 5.06. The first-order chi connectivity index (χ1) is 15.0. The van der Waals surface area contributed by atoms with Gasteiger partial charge < -0.3 is 15.0 Å². The summed E-state index contributed by atoms with van der Waals surface area (Å²) in [7, 11) is 0. The normalized spacial score (nSPS) is 22.1. The summed E-state index contributed by atoms with van der Waals surface area (Å²) in [6.07, 6.45) is 5.28. The molecule has 0 unspecified atom stereocenters. The highest BCUT2D eigenvalue weighted by atomic mass is 35.5. The number of hydrogen-bond donors (Lipinski definition) is 2. The van der Waals surface area contributed by atoms with E-state index >= 15 is 0 Å². The van der Waals surface area contributed by atoms with Crippen molar-refractivity contribution in [3.63, 3.8) is 0 Å². The van der Waals surface area contributed by atoms with Gasteiger partial charge in [-0.1, -0.05) is 29.3 Å². The second-order valence-corrected chi connectivity index (χ2v) is 9.42. The van der Waals surface area contributed by atoms with Crippen LogP contribution in [0.3, 0.4) is 0 Å². The lowest BCUT2D eigenvalue weighted by molar-refractivity contribution is 0.157. The van der Waals surface area contributed by atoms with Crippen LogP contribution in [-0.4, -0.2) is 61.5 Å². The highest BCUT2D eigenvalue weighted by molar-refractivity contribution is 7.80. The van der Waals surface area contributed by atoms with Crippen LogP contribution in [0.25, 0.3) is 0 Å². The molecule has 1 saturated carbocycles. The molecule has 1 aromatic carbocycles. The van der Waals surface area contributed by atoms with Gasteiger partial charge in [-0.3, -0.25) is 10.2 Å². The Morgan fingerprint density at radius 2 is 1.87 bits per heavy atom. The quantitative estimate of drug-likeness (QED) is 0.569. The Morgan fingerprint density at radius 3 is 2.55 bits per heavy atom. The van der Waals surface area contributed by atoms with Gasteiger partial charge in [0, 0.05) is 32.2 Å². The number of benzene rings is 1. The molecule has 1 amide bonds. The van der Waals surface area contributed by atoms with Crippen LogP contribution >= 0.6 is 35.4 Å². The molecular weight excluding hydrogens is 455 g/mol. The minimum Gasteiger partial charge on any atom is -0.450 e. The van der Waals surface area contributed by atoms with E-state index in [1.165, 1.54) is 19.3 Å². The van der Waals surface area contributed by atoms with Crippen LogP contribution in [0.2, 0.25) is 10.0 Å². The molecule has 1 aliphatic carbocycles. The van der Waals surface area contributed by atoms with Crippen molar-refractivity contribution in [3.8, 4) is 0 Å². The number of nitrogens with one attached hydrogen (secondary N) is 2. The molecule has 0 bridgehead atoms. The fourth-order valence-electron chi connectivity index (χ4n) is 4.39. The van der Waals surface area contributed by atoms with E-state index in [-0.39, 0.29) is 0 Å². The summed E-state index contributed by atoms with van der Waals surface area (Å²) in [6, 6.07) is 6.17. The molecule has 0 radical (unpaired) electrons. The lowest BCUT2D eigenvalue weighted by Crippen LogP contribution is -2.47. The summed E-state index contributed by atoms with van der Waals surface area (Å²) in [6.45, 7) is 7.29. The number of halogens is 2. The van der Waals surface area contributed by atoms with Gasteiger partial charge in [0.2, 0.25) is 0 Å². The lowest BCUT2D eigenvalue weighted by atomic mass is 9.84. The molecule has 2 aliphatic rings. The van der Waals surface area contributed by atoms with Gasteiger partial charge in [0.25, 0.3) is 0 Å². The average molecular weight is 487 g/mol. The molecule has 2 N–H and O–H groups in total. The number of carbonyl (C=O) groups is 1. The fraction of sp³-hybridized carbons (Fsp3) is 0.636. The monoisotopic (exact) mass is 486 g/mol. The second kappa shape index (κ2) is 12.1. The van der Waals surface area contributed by atoms with Crippen LogP contribution < -0.4 is 15.5 Å². The number of amides is 1. The Bertz CT molecular complexity index is 751. The predicted octanol–water partition coefficient (Wildman–Crippen LogP) is 4.68. The van der Waals surface area contributed by atoms with E-state index in [1.54, 1.807) is 6.92 Å². The Hall–Kier alpha value is -1.28. The summed E-state index contributed by atoms with van der Waals surface area (Å²) in [4.78, 5) is 16.3. The van der Waals surface area contributed by atoms with Crippen LogP contribution in [0.15, 0.2) is 18.2 Å². The number of anilines is 1. The number of piperazine rings is 1. The number of carbonyl (C=O) groups excluding carboxylic acids is 1. The molecular formula is C22H32Cl2N4O2S. The molecule has 0 aromatic heterocycles. The highest BCUT2D eigenvalue weighted by Crippen LogP contribution is 2.33. The van der Waals surface area contributed by atoms with Crippen LogP contribution in [-0.2, 0) is 4.74 Å². The summed E-state index contributed by atoms with van der Waals surface area (Å²) in [5.41, 5.74) is 1.04. The van der Waals surface area contributed by atoms with Gasteiger partial charge >= 0.3 is 6.09 Å². The van der Waals surface area contributed by atoms with Crippen molar-refractivity contribution >= 4 is 52.3 Å². The van der Waals surface area contributed by atoms with E-state index in [4.69, 9.17) is 40.2 Å². The zero-order chi connectivity index (χ0) is 22.2. The van der Waals surface area contributed by atoms with Crippen LogP contribution in [0, 0.1) is 5.92 Å². The third-order valence-corrected chi connectivity index (χ3v) is 7.20. The summed E-state index contributed by atoms with van der Waals surface area (Å²) < 4.78 is 4.85. The summed E-state index contributed by atoms with van der Waals surface area (Å²) >= 11 is 17.7. The third kappa shape index (κ3) is 7.38. The Labute approximate surface area is 200 Å².